The monoisotopic (exact) mass is 394 g/mol. The number of amides is 1. The van der Waals surface area contributed by atoms with Crippen molar-refractivity contribution in [1.29, 1.82) is 0 Å². The molecule has 1 aliphatic heterocycles. The molecule has 0 atom stereocenters. The molecule has 7 heteroatoms. The molecule has 3 rings (SSSR count). The van der Waals surface area contributed by atoms with E-state index in [1.807, 2.05) is 29.2 Å². The van der Waals surface area contributed by atoms with Crippen molar-refractivity contribution in [3.8, 4) is 0 Å². The molecule has 0 radical (unpaired) electrons. The summed E-state index contributed by atoms with van der Waals surface area (Å²) in [5.74, 6) is 1.25. The van der Waals surface area contributed by atoms with Gasteiger partial charge in [0, 0.05) is 62.7 Å². The van der Waals surface area contributed by atoms with Crippen molar-refractivity contribution in [1.82, 2.24) is 10.2 Å². The summed E-state index contributed by atoms with van der Waals surface area (Å²) < 4.78 is 0. The fourth-order valence-electron chi connectivity index (χ4n) is 3.37. The maximum atomic E-state index is 11.9. The van der Waals surface area contributed by atoms with Gasteiger partial charge in [0.1, 0.15) is 5.84 Å². The van der Waals surface area contributed by atoms with E-state index in [0.717, 1.165) is 47.0 Å². The van der Waals surface area contributed by atoms with Crippen molar-refractivity contribution in [2.24, 2.45) is 27.4 Å². The maximum Gasteiger partial charge on any atom is 0.219 e. The minimum atomic E-state index is 0.0510. The number of amidine groups is 1. The number of nitrogens with two attached hydrogens (primary N) is 2. The number of allylic oxidation sites excluding steroid dienone is 1. The molecule has 0 bridgehead atoms. The van der Waals surface area contributed by atoms with E-state index in [2.05, 4.69) is 15.3 Å². The molecule has 0 spiro atoms. The Morgan fingerprint density at radius 1 is 1.38 bits per heavy atom. The third kappa shape index (κ3) is 5.47. The van der Waals surface area contributed by atoms with E-state index in [1.54, 1.807) is 20.2 Å². The second-order valence-electron chi connectivity index (χ2n) is 7.53. The summed E-state index contributed by atoms with van der Waals surface area (Å²) in [6, 6.07) is 7.70. The predicted octanol–water partition coefficient (Wildman–Crippen LogP) is 2.18. The van der Waals surface area contributed by atoms with Crippen LogP contribution < -0.4 is 16.8 Å². The standard InChI is InChI=1S/C22H30N6O/c1-15(29)28-9-8-21(26-12-16-6-7-16)20(14-28)22(24)27-19-5-3-4-17(10-19)18(11-23)13-25-2/h3-5,10-11,13,16,26H,6-9,12,14,23H2,1-2H3,(H2,24,27). The Balaban J connectivity index is 1.88. The first-order valence-corrected chi connectivity index (χ1v) is 10.0. The van der Waals surface area contributed by atoms with Crippen molar-refractivity contribution in [2.75, 3.05) is 26.7 Å². The number of nitrogens with zero attached hydrogens (tertiary/aromatic N) is 3. The van der Waals surface area contributed by atoms with E-state index >= 15 is 0 Å². The van der Waals surface area contributed by atoms with Gasteiger partial charge in [-0.1, -0.05) is 12.1 Å². The number of carbonyl (C=O) groups excluding carboxylic acids is 1. The number of hydrogen-bond donors (Lipinski definition) is 3. The quantitative estimate of drug-likeness (QED) is 0.486. The molecule has 1 aromatic carbocycles. The third-order valence-corrected chi connectivity index (χ3v) is 5.28. The van der Waals surface area contributed by atoms with Gasteiger partial charge in [-0.2, -0.15) is 0 Å². The average molecular weight is 395 g/mol. The predicted molar refractivity (Wildman–Crippen MR) is 119 cm³/mol. The smallest absolute Gasteiger partial charge is 0.219 e. The molecule has 1 fully saturated rings. The van der Waals surface area contributed by atoms with Gasteiger partial charge in [-0.15, -0.1) is 0 Å². The Hall–Kier alpha value is -3.09. The lowest BCUT2D eigenvalue weighted by atomic mass is 10.0. The topological polar surface area (TPSA) is 109 Å². The molecule has 1 saturated carbocycles. The molecule has 7 nitrogen and oxygen atoms in total. The van der Waals surface area contributed by atoms with Crippen LogP contribution in [-0.4, -0.2) is 49.5 Å². The molecule has 154 valence electrons. The van der Waals surface area contributed by atoms with Gasteiger partial charge >= 0.3 is 0 Å². The number of benzene rings is 1. The van der Waals surface area contributed by atoms with Gasteiger partial charge in [0.25, 0.3) is 0 Å². The zero-order chi connectivity index (χ0) is 20.8. The third-order valence-electron chi connectivity index (χ3n) is 5.28. The first kappa shape index (κ1) is 20.6. The lowest BCUT2D eigenvalue weighted by Crippen LogP contribution is -2.41. The Kier molecular flexibility index (Phi) is 6.69. The highest BCUT2D eigenvalue weighted by Crippen LogP contribution is 2.29. The Bertz CT molecular complexity index is 879. The van der Waals surface area contributed by atoms with Crippen LogP contribution in [0.4, 0.5) is 5.69 Å². The van der Waals surface area contributed by atoms with Gasteiger partial charge < -0.3 is 21.7 Å². The zero-order valence-electron chi connectivity index (χ0n) is 17.2. The first-order chi connectivity index (χ1) is 14.0. The second-order valence-corrected chi connectivity index (χ2v) is 7.53. The van der Waals surface area contributed by atoms with Crippen LogP contribution in [0, 0.1) is 5.92 Å². The second kappa shape index (κ2) is 9.41. The van der Waals surface area contributed by atoms with Gasteiger partial charge in [-0.05, 0) is 36.5 Å². The van der Waals surface area contributed by atoms with E-state index in [0.29, 0.717) is 18.9 Å². The van der Waals surface area contributed by atoms with Crippen molar-refractivity contribution < 1.29 is 4.79 Å². The van der Waals surface area contributed by atoms with Gasteiger partial charge in [-0.3, -0.25) is 9.79 Å². The molecule has 0 aromatic heterocycles. The van der Waals surface area contributed by atoms with Crippen molar-refractivity contribution in [3.63, 3.8) is 0 Å². The molecule has 29 heavy (non-hydrogen) atoms. The summed E-state index contributed by atoms with van der Waals surface area (Å²) in [5.41, 5.74) is 16.6. The summed E-state index contributed by atoms with van der Waals surface area (Å²) in [5, 5.41) is 3.55. The van der Waals surface area contributed by atoms with Gasteiger partial charge in [0.15, 0.2) is 0 Å². The van der Waals surface area contributed by atoms with Crippen molar-refractivity contribution >= 4 is 29.2 Å². The van der Waals surface area contributed by atoms with Crippen molar-refractivity contribution in [3.05, 3.63) is 47.3 Å². The summed E-state index contributed by atoms with van der Waals surface area (Å²) in [4.78, 5) is 22.4. The summed E-state index contributed by atoms with van der Waals surface area (Å²) >= 11 is 0. The molecular weight excluding hydrogens is 364 g/mol. The van der Waals surface area contributed by atoms with Crippen LogP contribution in [0.5, 0.6) is 0 Å². The molecule has 1 heterocycles. The largest absolute Gasteiger partial charge is 0.404 e. The van der Waals surface area contributed by atoms with Gasteiger partial charge in [0.2, 0.25) is 5.91 Å². The Morgan fingerprint density at radius 3 is 2.83 bits per heavy atom. The van der Waals surface area contributed by atoms with Crippen LogP contribution in [-0.2, 0) is 4.79 Å². The van der Waals surface area contributed by atoms with E-state index in [9.17, 15) is 4.79 Å². The molecule has 1 aliphatic carbocycles. The molecule has 1 amide bonds. The summed E-state index contributed by atoms with van der Waals surface area (Å²) in [6.45, 7) is 3.74. The Morgan fingerprint density at radius 2 is 2.17 bits per heavy atom. The van der Waals surface area contributed by atoms with E-state index in [4.69, 9.17) is 11.5 Å². The van der Waals surface area contributed by atoms with Crippen LogP contribution in [0.1, 0.15) is 31.7 Å². The summed E-state index contributed by atoms with van der Waals surface area (Å²) in [6.07, 6.45) is 6.56. The minimum absolute atomic E-state index is 0.0510. The Labute approximate surface area is 172 Å². The normalized spacial score (nSPS) is 18.5. The zero-order valence-corrected chi connectivity index (χ0v) is 17.2. The molecule has 5 N–H and O–H groups in total. The SMILES string of the molecule is CN=CC(=CN)c1cccc(N=C(N)C2=C(NCC3CC3)CCN(C(C)=O)C2)c1. The van der Waals surface area contributed by atoms with Crippen molar-refractivity contribution in [2.45, 2.75) is 26.2 Å². The number of nitrogens with one attached hydrogen (secondary N) is 1. The highest BCUT2D eigenvalue weighted by molar-refractivity contribution is 6.10. The van der Waals surface area contributed by atoms with Gasteiger partial charge in [-0.25, -0.2) is 4.99 Å². The number of rotatable bonds is 7. The highest BCUT2D eigenvalue weighted by Gasteiger charge is 2.26. The molecule has 0 saturated heterocycles. The average Bonchev–Trinajstić information content (AvgIpc) is 3.55. The molecule has 1 aromatic rings. The molecular formula is C22H30N6O. The minimum Gasteiger partial charge on any atom is -0.404 e. The van der Waals surface area contributed by atoms with E-state index < -0.39 is 0 Å². The molecule has 2 aliphatic rings. The number of hydrogen-bond acceptors (Lipinski definition) is 5. The molecule has 0 unspecified atom stereocenters. The lowest BCUT2D eigenvalue weighted by molar-refractivity contribution is -0.128. The highest BCUT2D eigenvalue weighted by atomic mass is 16.2. The van der Waals surface area contributed by atoms with Crippen LogP contribution in [0.25, 0.3) is 5.57 Å². The van der Waals surface area contributed by atoms with Gasteiger partial charge in [0.05, 0.1) is 12.2 Å². The number of carbonyl (C=O) groups is 1. The fourth-order valence-corrected chi connectivity index (χ4v) is 3.37. The van der Waals surface area contributed by atoms with E-state index in [1.165, 1.54) is 19.0 Å². The van der Waals surface area contributed by atoms with Crippen LogP contribution in [0.15, 0.2) is 51.7 Å². The maximum absolute atomic E-state index is 11.9. The lowest BCUT2D eigenvalue weighted by Gasteiger charge is -2.30. The summed E-state index contributed by atoms with van der Waals surface area (Å²) in [7, 11) is 1.70. The number of aliphatic imine (C=N–C) groups is 2. The fraction of sp³-hybridized carbons (Fsp3) is 0.409. The van der Waals surface area contributed by atoms with Crippen LogP contribution in [0.2, 0.25) is 0 Å². The van der Waals surface area contributed by atoms with Crippen LogP contribution >= 0.6 is 0 Å². The first-order valence-electron chi connectivity index (χ1n) is 10.0. The van der Waals surface area contributed by atoms with E-state index in [-0.39, 0.29) is 5.91 Å². The van der Waals surface area contributed by atoms with Crippen LogP contribution in [0.3, 0.4) is 0 Å².